The van der Waals surface area contributed by atoms with Gasteiger partial charge in [0.05, 0.1) is 16.6 Å². The third-order valence-corrected chi connectivity index (χ3v) is 4.43. The summed E-state index contributed by atoms with van der Waals surface area (Å²) in [5.74, 6) is 1.37. The lowest BCUT2D eigenvalue weighted by Crippen LogP contribution is -2.33. The minimum atomic E-state index is 0.0551. The van der Waals surface area contributed by atoms with Crippen LogP contribution in [0.2, 0.25) is 0 Å². The second-order valence-corrected chi connectivity index (χ2v) is 5.88. The number of benzene rings is 1. The van der Waals surface area contributed by atoms with Crippen LogP contribution in [0.4, 0.5) is 5.69 Å². The highest BCUT2D eigenvalue weighted by Gasteiger charge is 2.32. The summed E-state index contributed by atoms with van der Waals surface area (Å²) in [5.41, 5.74) is 3.00. The molecule has 1 aromatic carbocycles. The second-order valence-electron chi connectivity index (χ2n) is 5.00. The number of aromatic nitrogens is 1. The SMILES string of the molecule is CCC(C)C1OC(c2cncs2)=CN1c1ccccc1. The molecule has 3 nitrogen and oxygen atoms in total. The molecule has 0 saturated heterocycles. The van der Waals surface area contributed by atoms with Crippen molar-refractivity contribution >= 4 is 22.8 Å². The Labute approximate surface area is 123 Å². The summed E-state index contributed by atoms with van der Waals surface area (Å²) in [7, 11) is 0. The number of hydrogen-bond donors (Lipinski definition) is 0. The predicted molar refractivity (Wildman–Crippen MR) is 83.3 cm³/mol. The molecule has 2 unspecified atom stereocenters. The number of ether oxygens (including phenoxy) is 1. The molecular formula is C16H18N2OS. The van der Waals surface area contributed by atoms with Crippen LogP contribution in [0.1, 0.15) is 25.1 Å². The molecule has 20 heavy (non-hydrogen) atoms. The Morgan fingerprint density at radius 2 is 2.15 bits per heavy atom. The van der Waals surface area contributed by atoms with Gasteiger partial charge in [0.15, 0.2) is 12.0 Å². The van der Waals surface area contributed by atoms with Gasteiger partial charge in [0.1, 0.15) is 0 Å². The quantitative estimate of drug-likeness (QED) is 0.835. The van der Waals surface area contributed by atoms with E-state index < -0.39 is 0 Å². The van der Waals surface area contributed by atoms with E-state index in [0.717, 1.165) is 22.7 Å². The molecule has 0 spiro atoms. The van der Waals surface area contributed by atoms with Gasteiger partial charge in [0.25, 0.3) is 0 Å². The van der Waals surface area contributed by atoms with Crippen LogP contribution < -0.4 is 4.90 Å². The first-order chi connectivity index (χ1) is 9.79. The monoisotopic (exact) mass is 286 g/mol. The fraction of sp³-hybridized carbons (Fsp3) is 0.312. The Hall–Kier alpha value is -1.81. The molecule has 104 valence electrons. The standard InChI is InChI=1S/C16H18N2OS/c1-3-12(2)16-18(13-7-5-4-6-8-13)10-14(19-16)15-9-17-11-20-15/h4-12,16H,3H2,1-2H3. The zero-order valence-electron chi connectivity index (χ0n) is 11.7. The highest BCUT2D eigenvalue weighted by molar-refractivity contribution is 7.10. The Morgan fingerprint density at radius 3 is 2.80 bits per heavy atom. The molecule has 0 radical (unpaired) electrons. The van der Waals surface area contributed by atoms with Crippen LogP contribution in [0, 0.1) is 5.92 Å². The fourth-order valence-electron chi connectivity index (χ4n) is 2.29. The average molecular weight is 286 g/mol. The molecule has 0 amide bonds. The number of nitrogens with zero attached hydrogens (tertiary/aromatic N) is 2. The zero-order chi connectivity index (χ0) is 13.9. The molecule has 2 aromatic rings. The molecule has 1 aliphatic rings. The maximum absolute atomic E-state index is 6.18. The van der Waals surface area contributed by atoms with Crippen LogP contribution in [0.25, 0.3) is 5.76 Å². The second kappa shape index (κ2) is 5.67. The average Bonchev–Trinajstić information content (AvgIpc) is 3.16. The zero-order valence-corrected chi connectivity index (χ0v) is 12.5. The van der Waals surface area contributed by atoms with Gasteiger partial charge in [0.2, 0.25) is 0 Å². The minimum absolute atomic E-state index is 0.0551. The molecule has 0 fully saturated rings. The Balaban J connectivity index is 1.94. The summed E-state index contributed by atoms with van der Waals surface area (Å²) in [6, 6.07) is 10.4. The van der Waals surface area contributed by atoms with Gasteiger partial charge in [-0.3, -0.25) is 4.98 Å². The number of anilines is 1. The van der Waals surface area contributed by atoms with Gasteiger partial charge >= 0.3 is 0 Å². The summed E-state index contributed by atoms with van der Waals surface area (Å²) in [6.07, 6.45) is 5.09. The van der Waals surface area contributed by atoms with E-state index in [1.165, 1.54) is 0 Å². The lowest BCUT2D eigenvalue weighted by molar-refractivity contribution is 0.133. The van der Waals surface area contributed by atoms with Crippen LogP contribution in [-0.2, 0) is 4.74 Å². The first kappa shape index (κ1) is 13.2. The van der Waals surface area contributed by atoms with Crippen molar-refractivity contribution in [3.63, 3.8) is 0 Å². The van der Waals surface area contributed by atoms with Gasteiger partial charge < -0.3 is 9.64 Å². The van der Waals surface area contributed by atoms with Crippen molar-refractivity contribution in [1.29, 1.82) is 0 Å². The van der Waals surface area contributed by atoms with E-state index in [-0.39, 0.29) is 6.23 Å². The third kappa shape index (κ3) is 2.43. The lowest BCUT2D eigenvalue weighted by Gasteiger charge is -2.28. The largest absolute Gasteiger partial charge is 0.467 e. The van der Waals surface area contributed by atoms with Gasteiger partial charge in [-0.15, -0.1) is 11.3 Å². The molecule has 1 aliphatic heterocycles. The van der Waals surface area contributed by atoms with Crippen molar-refractivity contribution in [1.82, 2.24) is 4.98 Å². The number of rotatable bonds is 4. The number of hydrogen-bond acceptors (Lipinski definition) is 4. The minimum Gasteiger partial charge on any atom is -0.467 e. The van der Waals surface area contributed by atoms with Crippen molar-refractivity contribution in [3.05, 3.63) is 53.1 Å². The van der Waals surface area contributed by atoms with E-state index >= 15 is 0 Å². The molecule has 0 N–H and O–H groups in total. The van der Waals surface area contributed by atoms with E-state index in [1.807, 2.05) is 17.8 Å². The fourth-order valence-corrected chi connectivity index (χ4v) is 2.86. The number of thiazole rings is 1. The van der Waals surface area contributed by atoms with Crippen molar-refractivity contribution in [2.24, 2.45) is 5.92 Å². The summed E-state index contributed by atoms with van der Waals surface area (Å²) >= 11 is 1.61. The maximum atomic E-state index is 6.18. The maximum Gasteiger partial charge on any atom is 0.178 e. The molecule has 0 saturated carbocycles. The van der Waals surface area contributed by atoms with Crippen molar-refractivity contribution < 1.29 is 4.74 Å². The molecule has 2 atom stereocenters. The molecular weight excluding hydrogens is 268 g/mol. The Bertz CT molecular complexity index is 580. The van der Waals surface area contributed by atoms with Gasteiger partial charge in [-0.2, -0.15) is 0 Å². The van der Waals surface area contributed by atoms with Crippen molar-refractivity contribution in [3.8, 4) is 0 Å². The summed E-state index contributed by atoms with van der Waals surface area (Å²) in [5, 5.41) is 0. The molecule has 1 aromatic heterocycles. The van der Waals surface area contributed by atoms with E-state index in [0.29, 0.717) is 5.92 Å². The van der Waals surface area contributed by atoms with Gasteiger partial charge in [-0.1, -0.05) is 32.0 Å². The highest BCUT2D eigenvalue weighted by atomic mass is 32.1. The topological polar surface area (TPSA) is 25.4 Å². The van der Waals surface area contributed by atoms with E-state index in [2.05, 4.69) is 54.2 Å². The van der Waals surface area contributed by atoms with E-state index in [4.69, 9.17) is 4.74 Å². The first-order valence-corrected chi connectivity index (χ1v) is 7.78. The van der Waals surface area contributed by atoms with Gasteiger partial charge in [0, 0.05) is 17.8 Å². The summed E-state index contributed by atoms with van der Waals surface area (Å²) in [6.45, 7) is 4.42. The predicted octanol–water partition coefficient (Wildman–Crippen LogP) is 4.35. The van der Waals surface area contributed by atoms with Gasteiger partial charge in [-0.05, 0) is 18.6 Å². The van der Waals surface area contributed by atoms with E-state index in [9.17, 15) is 0 Å². The van der Waals surface area contributed by atoms with Crippen LogP contribution in [0.5, 0.6) is 0 Å². The summed E-state index contributed by atoms with van der Waals surface area (Å²) in [4.78, 5) is 7.44. The normalized spacial score (nSPS) is 19.6. The van der Waals surface area contributed by atoms with Crippen LogP contribution in [0.15, 0.2) is 48.2 Å². The van der Waals surface area contributed by atoms with Crippen molar-refractivity contribution in [2.75, 3.05) is 4.90 Å². The molecule has 3 rings (SSSR count). The summed E-state index contributed by atoms with van der Waals surface area (Å²) < 4.78 is 6.18. The highest BCUT2D eigenvalue weighted by Crippen LogP contribution is 2.35. The van der Waals surface area contributed by atoms with E-state index in [1.54, 1.807) is 11.3 Å². The lowest BCUT2D eigenvalue weighted by atomic mass is 10.1. The molecule has 0 bridgehead atoms. The Morgan fingerprint density at radius 1 is 1.35 bits per heavy atom. The van der Waals surface area contributed by atoms with Crippen LogP contribution >= 0.6 is 11.3 Å². The third-order valence-electron chi connectivity index (χ3n) is 3.64. The van der Waals surface area contributed by atoms with Gasteiger partial charge in [-0.25, -0.2) is 0 Å². The van der Waals surface area contributed by atoms with Crippen molar-refractivity contribution in [2.45, 2.75) is 26.5 Å². The van der Waals surface area contributed by atoms with Crippen LogP contribution in [0.3, 0.4) is 0 Å². The molecule has 4 heteroatoms. The molecule has 2 heterocycles. The smallest absolute Gasteiger partial charge is 0.178 e. The first-order valence-electron chi connectivity index (χ1n) is 6.90. The van der Waals surface area contributed by atoms with Crippen LogP contribution in [-0.4, -0.2) is 11.2 Å². The Kier molecular flexibility index (Phi) is 3.74. The molecule has 0 aliphatic carbocycles. The number of para-hydroxylation sites is 1.